The van der Waals surface area contributed by atoms with Gasteiger partial charge in [0.05, 0.1) is 4.88 Å². The lowest BCUT2D eigenvalue weighted by atomic mass is 10.1. The minimum atomic E-state index is -0.380. The van der Waals surface area contributed by atoms with Gasteiger partial charge in [-0.25, -0.2) is 9.87 Å². The quantitative estimate of drug-likeness (QED) is 0.765. The zero-order valence-electron chi connectivity index (χ0n) is 11.7. The van der Waals surface area contributed by atoms with Crippen LogP contribution >= 0.6 is 11.3 Å². The van der Waals surface area contributed by atoms with Crippen molar-refractivity contribution in [2.75, 3.05) is 13.2 Å². The molecular formula is C15H15FN2O3S. The normalized spacial score (nSPS) is 10.2. The van der Waals surface area contributed by atoms with Gasteiger partial charge in [-0.1, -0.05) is 18.2 Å². The summed E-state index contributed by atoms with van der Waals surface area (Å²) in [6.45, 7) is 0.146. The third-order valence-corrected chi connectivity index (χ3v) is 3.63. The Bertz CT molecular complexity index is 614. The molecule has 0 radical (unpaired) electrons. The average Bonchev–Trinajstić information content (AvgIpc) is 3.03. The molecule has 0 saturated carbocycles. The van der Waals surface area contributed by atoms with Gasteiger partial charge in [0.15, 0.2) is 6.61 Å². The van der Waals surface area contributed by atoms with E-state index in [4.69, 9.17) is 4.84 Å². The number of rotatable bonds is 7. The third kappa shape index (κ3) is 5.27. The van der Waals surface area contributed by atoms with Gasteiger partial charge in [0.2, 0.25) is 5.91 Å². The molecule has 1 aromatic carbocycles. The average molecular weight is 322 g/mol. The molecule has 0 fully saturated rings. The van der Waals surface area contributed by atoms with Crippen molar-refractivity contribution in [3.05, 3.63) is 58.0 Å². The first-order valence-corrected chi connectivity index (χ1v) is 7.50. The molecule has 116 valence electrons. The topological polar surface area (TPSA) is 67.4 Å². The summed E-state index contributed by atoms with van der Waals surface area (Å²) >= 11 is 1.28. The number of benzene rings is 1. The summed E-state index contributed by atoms with van der Waals surface area (Å²) in [4.78, 5) is 28.4. The molecule has 1 aromatic heterocycles. The first kappa shape index (κ1) is 16.1. The van der Waals surface area contributed by atoms with E-state index in [1.54, 1.807) is 29.6 Å². The van der Waals surface area contributed by atoms with E-state index in [1.807, 2.05) is 0 Å². The summed E-state index contributed by atoms with van der Waals surface area (Å²) in [7, 11) is 0. The molecule has 0 atom stereocenters. The molecule has 5 nitrogen and oxygen atoms in total. The van der Waals surface area contributed by atoms with Gasteiger partial charge in [0, 0.05) is 6.54 Å². The van der Waals surface area contributed by atoms with Crippen molar-refractivity contribution in [2.24, 2.45) is 0 Å². The minimum absolute atomic E-state index is 0.263. The van der Waals surface area contributed by atoms with Gasteiger partial charge in [-0.2, -0.15) is 0 Å². The van der Waals surface area contributed by atoms with Gasteiger partial charge in [0.1, 0.15) is 5.82 Å². The van der Waals surface area contributed by atoms with Crippen LogP contribution in [0.1, 0.15) is 15.2 Å². The van der Waals surface area contributed by atoms with E-state index < -0.39 is 0 Å². The second-order valence-corrected chi connectivity index (χ2v) is 5.37. The molecule has 0 aliphatic heterocycles. The van der Waals surface area contributed by atoms with Gasteiger partial charge in [-0.3, -0.25) is 14.4 Å². The van der Waals surface area contributed by atoms with Gasteiger partial charge in [0.25, 0.3) is 5.91 Å². The third-order valence-electron chi connectivity index (χ3n) is 2.76. The Morgan fingerprint density at radius 1 is 1.18 bits per heavy atom. The second kappa shape index (κ2) is 8.26. The van der Waals surface area contributed by atoms with Crippen molar-refractivity contribution in [1.82, 2.24) is 10.8 Å². The van der Waals surface area contributed by atoms with E-state index in [0.717, 1.165) is 5.56 Å². The van der Waals surface area contributed by atoms with Crippen LogP contribution in [0.3, 0.4) is 0 Å². The number of carbonyl (C=O) groups is 2. The number of halogens is 1. The Hall–Kier alpha value is -2.25. The number of thiophene rings is 1. The van der Waals surface area contributed by atoms with Gasteiger partial charge in [-0.15, -0.1) is 11.3 Å². The van der Waals surface area contributed by atoms with Crippen LogP contribution in [0.15, 0.2) is 41.8 Å². The fraction of sp³-hybridized carbons (Fsp3) is 0.200. The van der Waals surface area contributed by atoms with Crippen LogP contribution in [0, 0.1) is 5.82 Å². The number of carbonyl (C=O) groups excluding carboxylic acids is 2. The van der Waals surface area contributed by atoms with E-state index >= 15 is 0 Å². The van der Waals surface area contributed by atoms with E-state index in [1.165, 1.54) is 23.5 Å². The van der Waals surface area contributed by atoms with Crippen molar-refractivity contribution < 1.29 is 18.8 Å². The van der Waals surface area contributed by atoms with Crippen LogP contribution in [0.25, 0.3) is 0 Å². The Morgan fingerprint density at radius 2 is 1.95 bits per heavy atom. The van der Waals surface area contributed by atoms with Crippen molar-refractivity contribution in [3.8, 4) is 0 Å². The molecular weight excluding hydrogens is 307 g/mol. The molecule has 0 bridgehead atoms. The molecule has 2 amide bonds. The predicted octanol–water partition coefficient (Wildman–Crippen LogP) is 1.91. The van der Waals surface area contributed by atoms with Crippen LogP contribution in [-0.4, -0.2) is 25.0 Å². The monoisotopic (exact) mass is 322 g/mol. The Morgan fingerprint density at radius 3 is 2.64 bits per heavy atom. The standard InChI is InChI=1S/C15H15FN2O3S/c16-12-5-3-11(4-6-12)7-8-17-14(19)10-21-18-15(20)13-2-1-9-22-13/h1-6,9H,7-8,10H2,(H,17,19)(H,18,20). The molecule has 0 spiro atoms. The maximum Gasteiger partial charge on any atom is 0.284 e. The van der Waals surface area contributed by atoms with E-state index in [-0.39, 0.29) is 24.2 Å². The largest absolute Gasteiger partial charge is 0.354 e. The lowest BCUT2D eigenvalue weighted by molar-refractivity contribution is -0.127. The van der Waals surface area contributed by atoms with Crippen LogP contribution in [0.2, 0.25) is 0 Å². The molecule has 7 heteroatoms. The Kier molecular flexibility index (Phi) is 6.05. The maximum absolute atomic E-state index is 12.7. The highest BCUT2D eigenvalue weighted by Crippen LogP contribution is 2.07. The van der Waals surface area contributed by atoms with Crippen molar-refractivity contribution in [3.63, 3.8) is 0 Å². The smallest absolute Gasteiger partial charge is 0.284 e. The summed E-state index contributed by atoms with van der Waals surface area (Å²) in [5.41, 5.74) is 3.12. The molecule has 0 unspecified atom stereocenters. The van der Waals surface area contributed by atoms with Gasteiger partial charge in [-0.05, 0) is 35.6 Å². The summed E-state index contributed by atoms with van der Waals surface area (Å²) < 4.78 is 12.7. The fourth-order valence-corrected chi connectivity index (χ4v) is 2.28. The molecule has 2 aromatic rings. The zero-order chi connectivity index (χ0) is 15.8. The molecule has 2 rings (SSSR count). The first-order chi connectivity index (χ1) is 10.6. The highest BCUT2D eigenvalue weighted by molar-refractivity contribution is 7.12. The lowest BCUT2D eigenvalue weighted by Crippen LogP contribution is -2.33. The highest BCUT2D eigenvalue weighted by atomic mass is 32.1. The summed E-state index contributed by atoms with van der Waals surface area (Å²) in [6, 6.07) is 9.49. The Labute approximate surface area is 131 Å². The zero-order valence-corrected chi connectivity index (χ0v) is 12.5. The number of nitrogens with one attached hydrogen (secondary N) is 2. The van der Waals surface area contributed by atoms with E-state index in [0.29, 0.717) is 17.8 Å². The lowest BCUT2D eigenvalue weighted by Gasteiger charge is -2.06. The number of hydrogen-bond donors (Lipinski definition) is 2. The fourth-order valence-electron chi connectivity index (χ4n) is 1.67. The van der Waals surface area contributed by atoms with Crippen molar-refractivity contribution in [2.45, 2.75) is 6.42 Å². The minimum Gasteiger partial charge on any atom is -0.354 e. The molecule has 0 saturated heterocycles. The molecule has 22 heavy (non-hydrogen) atoms. The van der Waals surface area contributed by atoms with Crippen LogP contribution in [0.4, 0.5) is 4.39 Å². The summed E-state index contributed by atoms with van der Waals surface area (Å²) in [6.07, 6.45) is 0.591. The number of amides is 2. The van der Waals surface area contributed by atoms with Crippen molar-refractivity contribution >= 4 is 23.2 Å². The highest BCUT2D eigenvalue weighted by Gasteiger charge is 2.07. The molecule has 0 aliphatic rings. The predicted molar refractivity (Wildman–Crippen MR) is 80.9 cm³/mol. The summed E-state index contributed by atoms with van der Waals surface area (Å²) in [5, 5.41) is 4.42. The number of hydrogen-bond acceptors (Lipinski definition) is 4. The molecule has 1 heterocycles. The number of hydroxylamine groups is 1. The van der Waals surface area contributed by atoms with Crippen LogP contribution < -0.4 is 10.8 Å². The van der Waals surface area contributed by atoms with E-state index in [9.17, 15) is 14.0 Å². The van der Waals surface area contributed by atoms with Crippen LogP contribution in [-0.2, 0) is 16.1 Å². The van der Waals surface area contributed by atoms with Crippen LogP contribution in [0.5, 0.6) is 0 Å². The SMILES string of the molecule is O=C(CONC(=O)c1cccs1)NCCc1ccc(F)cc1. The van der Waals surface area contributed by atoms with Crippen molar-refractivity contribution in [1.29, 1.82) is 0 Å². The first-order valence-electron chi connectivity index (χ1n) is 6.62. The summed E-state index contributed by atoms with van der Waals surface area (Å²) in [5.74, 6) is -1.01. The second-order valence-electron chi connectivity index (χ2n) is 4.42. The molecule has 2 N–H and O–H groups in total. The van der Waals surface area contributed by atoms with Gasteiger partial charge >= 0.3 is 0 Å². The Balaban J connectivity index is 1.60. The van der Waals surface area contributed by atoms with Gasteiger partial charge < -0.3 is 5.32 Å². The maximum atomic E-state index is 12.7. The van der Waals surface area contributed by atoms with E-state index in [2.05, 4.69) is 10.8 Å². The molecule has 0 aliphatic carbocycles.